The molecule has 4 heteroatoms. The zero-order valence-corrected chi connectivity index (χ0v) is 11.6. The van der Waals surface area contributed by atoms with Crippen molar-refractivity contribution in [1.29, 1.82) is 0 Å². The van der Waals surface area contributed by atoms with E-state index in [4.69, 9.17) is 9.47 Å². The van der Waals surface area contributed by atoms with Crippen molar-refractivity contribution < 1.29 is 9.47 Å². The second-order valence-electron chi connectivity index (χ2n) is 4.80. The van der Waals surface area contributed by atoms with E-state index in [2.05, 4.69) is 24.4 Å². The van der Waals surface area contributed by atoms with Gasteiger partial charge in [0.1, 0.15) is 0 Å². The maximum Gasteiger partial charge on any atom is 0.163 e. The third-order valence-electron chi connectivity index (χ3n) is 2.80. The van der Waals surface area contributed by atoms with Crippen LogP contribution in [-0.2, 0) is 22.4 Å². The van der Waals surface area contributed by atoms with Gasteiger partial charge < -0.3 is 14.8 Å². The van der Waals surface area contributed by atoms with Crippen LogP contribution < -0.4 is 5.32 Å². The van der Waals surface area contributed by atoms with Gasteiger partial charge in [0.05, 0.1) is 12.7 Å². The molecular formula is C13H21NO2S. The molecule has 17 heavy (non-hydrogen) atoms. The highest BCUT2D eigenvalue weighted by Crippen LogP contribution is 2.22. The molecule has 1 aliphatic heterocycles. The lowest BCUT2D eigenvalue weighted by atomic mass is 10.3. The SMILES string of the molecule is CCc1ccc(CNCC2COC(C)(C)O2)s1. The van der Waals surface area contributed by atoms with Crippen LogP contribution in [0.4, 0.5) is 0 Å². The second-order valence-corrected chi connectivity index (χ2v) is 6.06. The molecule has 2 rings (SSSR count). The molecule has 0 amide bonds. The van der Waals surface area contributed by atoms with Crippen LogP contribution in [0.5, 0.6) is 0 Å². The minimum absolute atomic E-state index is 0.176. The molecule has 0 aliphatic carbocycles. The summed E-state index contributed by atoms with van der Waals surface area (Å²) in [4.78, 5) is 2.84. The summed E-state index contributed by atoms with van der Waals surface area (Å²) in [5, 5.41) is 3.42. The summed E-state index contributed by atoms with van der Waals surface area (Å²) in [5.74, 6) is -0.412. The smallest absolute Gasteiger partial charge is 0.163 e. The normalized spacial score (nSPS) is 23.1. The number of hydrogen-bond acceptors (Lipinski definition) is 4. The Hall–Kier alpha value is -0.420. The summed E-state index contributed by atoms with van der Waals surface area (Å²) < 4.78 is 11.2. The van der Waals surface area contributed by atoms with Gasteiger partial charge >= 0.3 is 0 Å². The van der Waals surface area contributed by atoms with Crippen molar-refractivity contribution in [2.24, 2.45) is 0 Å². The molecule has 0 saturated carbocycles. The van der Waals surface area contributed by atoms with Crippen molar-refractivity contribution in [3.8, 4) is 0 Å². The molecule has 1 N–H and O–H groups in total. The van der Waals surface area contributed by atoms with Crippen LogP contribution in [0, 0.1) is 0 Å². The van der Waals surface area contributed by atoms with Crippen LogP contribution in [0.3, 0.4) is 0 Å². The molecule has 3 nitrogen and oxygen atoms in total. The lowest BCUT2D eigenvalue weighted by Crippen LogP contribution is -2.30. The highest BCUT2D eigenvalue weighted by molar-refractivity contribution is 7.11. The molecule has 1 saturated heterocycles. The number of thiophene rings is 1. The molecule has 1 aromatic heterocycles. The number of hydrogen-bond donors (Lipinski definition) is 1. The van der Waals surface area contributed by atoms with Crippen LogP contribution in [-0.4, -0.2) is 25.0 Å². The Morgan fingerprint density at radius 1 is 1.41 bits per heavy atom. The van der Waals surface area contributed by atoms with Gasteiger partial charge in [0, 0.05) is 22.8 Å². The van der Waals surface area contributed by atoms with Gasteiger partial charge in [-0.2, -0.15) is 0 Å². The van der Waals surface area contributed by atoms with Crippen molar-refractivity contribution in [3.63, 3.8) is 0 Å². The van der Waals surface area contributed by atoms with Crippen LogP contribution >= 0.6 is 11.3 Å². The lowest BCUT2D eigenvalue weighted by Gasteiger charge is -2.17. The predicted molar refractivity (Wildman–Crippen MR) is 70.3 cm³/mol. The summed E-state index contributed by atoms with van der Waals surface area (Å²) >= 11 is 1.88. The first-order valence-corrected chi connectivity index (χ1v) is 7.01. The third kappa shape index (κ3) is 3.78. The first-order chi connectivity index (χ1) is 8.09. The molecule has 0 spiro atoms. The Morgan fingerprint density at radius 3 is 2.76 bits per heavy atom. The van der Waals surface area contributed by atoms with E-state index >= 15 is 0 Å². The molecule has 0 radical (unpaired) electrons. The van der Waals surface area contributed by atoms with Crippen molar-refractivity contribution in [2.45, 2.75) is 45.6 Å². The Bertz CT molecular complexity index is 362. The molecule has 1 atom stereocenters. The summed E-state index contributed by atoms with van der Waals surface area (Å²) in [6.07, 6.45) is 1.30. The van der Waals surface area contributed by atoms with Gasteiger partial charge in [-0.25, -0.2) is 0 Å². The summed E-state index contributed by atoms with van der Waals surface area (Å²) in [6.45, 7) is 8.56. The van der Waals surface area contributed by atoms with E-state index in [1.165, 1.54) is 9.75 Å². The van der Waals surface area contributed by atoms with Gasteiger partial charge in [-0.15, -0.1) is 11.3 Å². The quantitative estimate of drug-likeness (QED) is 0.877. The molecule has 0 bridgehead atoms. The Kier molecular flexibility index (Phi) is 4.20. The maximum absolute atomic E-state index is 5.73. The van der Waals surface area contributed by atoms with Crippen molar-refractivity contribution in [1.82, 2.24) is 5.32 Å². The predicted octanol–water partition coefficient (Wildman–Crippen LogP) is 2.55. The fraction of sp³-hybridized carbons (Fsp3) is 0.692. The number of rotatable bonds is 5. The highest BCUT2D eigenvalue weighted by atomic mass is 32.1. The van der Waals surface area contributed by atoms with Gasteiger partial charge in [-0.1, -0.05) is 6.92 Å². The molecule has 1 fully saturated rings. The molecule has 0 aromatic carbocycles. The van der Waals surface area contributed by atoms with E-state index in [0.29, 0.717) is 6.61 Å². The Labute approximate surface area is 107 Å². The summed E-state index contributed by atoms with van der Waals surface area (Å²) in [6, 6.07) is 4.41. The Morgan fingerprint density at radius 2 is 2.18 bits per heavy atom. The lowest BCUT2D eigenvalue weighted by molar-refractivity contribution is -0.137. The number of aryl methyl sites for hydroxylation is 1. The molecule has 1 aromatic rings. The molecule has 1 aliphatic rings. The third-order valence-corrected chi connectivity index (χ3v) is 4.03. The molecule has 2 heterocycles. The van der Waals surface area contributed by atoms with Gasteiger partial charge in [-0.05, 0) is 32.4 Å². The molecule has 1 unspecified atom stereocenters. The second kappa shape index (κ2) is 5.48. The summed E-state index contributed by atoms with van der Waals surface area (Å²) in [5.41, 5.74) is 0. The van der Waals surface area contributed by atoms with Gasteiger partial charge in [0.2, 0.25) is 0 Å². The fourth-order valence-corrected chi connectivity index (χ4v) is 2.85. The van der Waals surface area contributed by atoms with E-state index in [-0.39, 0.29) is 6.10 Å². The fourth-order valence-electron chi connectivity index (χ4n) is 1.93. The van der Waals surface area contributed by atoms with E-state index in [9.17, 15) is 0 Å². The number of ether oxygens (including phenoxy) is 2. The van der Waals surface area contributed by atoms with E-state index in [1.54, 1.807) is 0 Å². The van der Waals surface area contributed by atoms with Crippen molar-refractivity contribution in [2.75, 3.05) is 13.2 Å². The molecular weight excluding hydrogens is 234 g/mol. The Balaban J connectivity index is 1.69. The van der Waals surface area contributed by atoms with Gasteiger partial charge in [0.15, 0.2) is 5.79 Å². The monoisotopic (exact) mass is 255 g/mol. The summed E-state index contributed by atoms with van der Waals surface area (Å²) in [7, 11) is 0. The van der Waals surface area contributed by atoms with E-state index in [1.807, 2.05) is 25.2 Å². The van der Waals surface area contributed by atoms with Crippen molar-refractivity contribution in [3.05, 3.63) is 21.9 Å². The average Bonchev–Trinajstić information content (AvgIpc) is 2.85. The zero-order chi connectivity index (χ0) is 12.3. The largest absolute Gasteiger partial charge is 0.348 e. The van der Waals surface area contributed by atoms with Crippen LogP contribution in [0.1, 0.15) is 30.5 Å². The standard InChI is InChI=1S/C13H21NO2S/c1-4-11-5-6-12(17-11)8-14-7-10-9-15-13(2,3)16-10/h5-6,10,14H,4,7-9H2,1-3H3. The highest BCUT2D eigenvalue weighted by Gasteiger charge is 2.32. The van der Waals surface area contributed by atoms with Gasteiger partial charge in [0.25, 0.3) is 0 Å². The van der Waals surface area contributed by atoms with Crippen molar-refractivity contribution >= 4 is 11.3 Å². The zero-order valence-electron chi connectivity index (χ0n) is 10.8. The van der Waals surface area contributed by atoms with Crippen LogP contribution in [0.2, 0.25) is 0 Å². The first kappa shape index (κ1) is 13.0. The average molecular weight is 255 g/mol. The van der Waals surface area contributed by atoms with E-state index in [0.717, 1.165) is 19.5 Å². The first-order valence-electron chi connectivity index (χ1n) is 6.19. The molecule has 96 valence electrons. The minimum atomic E-state index is -0.412. The van der Waals surface area contributed by atoms with Crippen LogP contribution in [0.25, 0.3) is 0 Å². The maximum atomic E-state index is 5.73. The van der Waals surface area contributed by atoms with E-state index < -0.39 is 5.79 Å². The number of nitrogens with one attached hydrogen (secondary N) is 1. The minimum Gasteiger partial charge on any atom is -0.348 e. The van der Waals surface area contributed by atoms with Gasteiger partial charge in [-0.3, -0.25) is 0 Å². The van der Waals surface area contributed by atoms with Crippen LogP contribution in [0.15, 0.2) is 12.1 Å². The topological polar surface area (TPSA) is 30.5 Å².